The number of benzene rings is 1. The molecule has 5 nitrogen and oxygen atoms in total. The number of aliphatic imine (C=N–C) groups is 1. The third-order valence-electron chi connectivity index (χ3n) is 5.56. The van der Waals surface area contributed by atoms with Crippen molar-refractivity contribution in [1.29, 1.82) is 0 Å². The predicted molar refractivity (Wildman–Crippen MR) is 120 cm³/mol. The number of fused-ring (bicyclic) bond motifs is 1. The van der Waals surface area contributed by atoms with Crippen LogP contribution in [0.25, 0.3) is 0 Å². The summed E-state index contributed by atoms with van der Waals surface area (Å²) < 4.78 is 0. The Morgan fingerprint density at radius 2 is 2.00 bits per heavy atom. The number of likely N-dealkylation sites (N-methyl/N-ethyl adjacent to an activating group) is 1. The summed E-state index contributed by atoms with van der Waals surface area (Å²) in [6, 6.07) is 9.47. The van der Waals surface area contributed by atoms with Crippen LogP contribution < -0.4 is 10.6 Å². The van der Waals surface area contributed by atoms with Crippen molar-refractivity contribution in [1.82, 2.24) is 20.4 Å². The maximum atomic E-state index is 4.38. The Balaban J connectivity index is 0.00000243. The van der Waals surface area contributed by atoms with E-state index in [9.17, 15) is 0 Å². The lowest BCUT2D eigenvalue weighted by atomic mass is 10.00. The molecule has 1 fully saturated rings. The van der Waals surface area contributed by atoms with E-state index in [-0.39, 0.29) is 24.0 Å². The van der Waals surface area contributed by atoms with Crippen LogP contribution in [0.3, 0.4) is 0 Å². The summed E-state index contributed by atoms with van der Waals surface area (Å²) in [6.07, 6.45) is 3.78. The van der Waals surface area contributed by atoms with Crippen molar-refractivity contribution in [2.24, 2.45) is 4.99 Å². The molecule has 0 saturated carbocycles. The highest BCUT2D eigenvalue weighted by molar-refractivity contribution is 14.0. The number of nitrogens with one attached hydrogen (secondary N) is 2. The fourth-order valence-corrected chi connectivity index (χ4v) is 4.06. The van der Waals surface area contributed by atoms with Gasteiger partial charge in [-0.05, 0) is 43.5 Å². The van der Waals surface area contributed by atoms with Crippen molar-refractivity contribution in [3.8, 4) is 0 Å². The zero-order valence-electron chi connectivity index (χ0n) is 16.2. The number of halogens is 1. The summed E-state index contributed by atoms with van der Waals surface area (Å²) in [5.41, 5.74) is 3.00. The first kappa shape index (κ1) is 21.4. The second kappa shape index (κ2) is 11.1. The molecule has 2 heterocycles. The number of hydrogen-bond donors (Lipinski definition) is 2. The van der Waals surface area contributed by atoms with E-state index in [0.717, 1.165) is 51.6 Å². The minimum absolute atomic E-state index is 0. The molecule has 2 aliphatic heterocycles. The topological polar surface area (TPSA) is 42.9 Å². The van der Waals surface area contributed by atoms with Gasteiger partial charge in [-0.3, -0.25) is 14.8 Å². The molecule has 26 heavy (non-hydrogen) atoms. The number of guanidine groups is 1. The zero-order valence-corrected chi connectivity index (χ0v) is 18.5. The molecule has 3 rings (SSSR count). The van der Waals surface area contributed by atoms with Gasteiger partial charge in [0.2, 0.25) is 0 Å². The fraction of sp³-hybridized carbons (Fsp3) is 0.650. The van der Waals surface area contributed by atoms with Crippen LogP contribution in [0.1, 0.15) is 30.9 Å². The van der Waals surface area contributed by atoms with Crippen molar-refractivity contribution < 1.29 is 0 Å². The van der Waals surface area contributed by atoms with Crippen molar-refractivity contribution >= 4 is 29.9 Å². The van der Waals surface area contributed by atoms with Gasteiger partial charge >= 0.3 is 0 Å². The molecule has 1 unspecified atom stereocenters. The van der Waals surface area contributed by atoms with Gasteiger partial charge in [0.1, 0.15) is 0 Å². The molecule has 0 amide bonds. The standard InChI is InChI=1S/C20H33N5.HI/c1-3-25-12-6-9-19(25)15-23-20(21-2)22-11-14-24-13-10-17-7-4-5-8-18(17)16-24;/h4-5,7-8,19H,3,6,9-16H2,1-2H3,(H2,21,22,23);1H. The van der Waals surface area contributed by atoms with E-state index in [1.54, 1.807) is 0 Å². The second-order valence-corrected chi connectivity index (χ2v) is 7.10. The van der Waals surface area contributed by atoms with Gasteiger partial charge in [-0.2, -0.15) is 0 Å². The van der Waals surface area contributed by atoms with Gasteiger partial charge in [0.05, 0.1) is 0 Å². The first-order chi connectivity index (χ1) is 12.3. The molecule has 0 radical (unpaired) electrons. The molecule has 2 N–H and O–H groups in total. The van der Waals surface area contributed by atoms with E-state index in [1.165, 1.54) is 30.5 Å². The van der Waals surface area contributed by atoms with E-state index in [0.29, 0.717) is 6.04 Å². The SMILES string of the molecule is CCN1CCCC1CNC(=NC)NCCN1CCc2ccccc2C1.I. The summed E-state index contributed by atoms with van der Waals surface area (Å²) in [4.78, 5) is 9.46. The number of rotatable bonds is 6. The second-order valence-electron chi connectivity index (χ2n) is 7.10. The summed E-state index contributed by atoms with van der Waals surface area (Å²) in [6.45, 7) is 9.84. The normalized spacial score (nSPS) is 21.2. The molecular formula is C20H34IN5. The molecule has 1 aromatic rings. The molecule has 0 aromatic heterocycles. The van der Waals surface area contributed by atoms with E-state index < -0.39 is 0 Å². The average Bonchev–Trinajstić information content (AvgIpc) is 3.12. The molecule has 0 bridgehead atoms. The minimum atomic E-state index is 0. The number of nitrogens with zero attached hydrogens (tertiary/aromatic N) is 3. The van der Waals surface area contributed by atoms with Crippen LogP contribution in [0, 0.1) is 0 Å². The van der Waals surface area contributed by atoms with Gasteiger partial charge in [-0.25, -0.2) is 0 Å². The third kappa shape index (κ3) is 5.82. The first-order valence-corrected chi connectivity index (χ1v) is 9.78. The lowest BCUT2D eigenvalue weighted by molar-refractivity contribution is 0.257. The Morgan fingerprint density at radius 3 is 2.77 bits per heavy atom. The average molecular weight is 471 g/mol. The molecule has 6 heteroatoms. The Morgan fingerprint density at radius 1 is 1.19 bits per heavy atom. The lowest BCUT2D eigenvalue weighted by Crippen LogP contribution is -2.46. The number of likely N-dealkylation sites (tertiary alicyclic amines) is 1. The Labute approximate surface area is 175 Å². The van der Waals surface area contributed by atoms with Crippen LogP contribution in [0.5, 0.6) is 0 Å². The van der Waals surface area contributed by atoms with Gasteiger partial charge in [-0.15, -0.1) is 24.0 Å². The van der Waals surface area contributed by atoms with Crippen molar-refractivity contribution in [2.45, 2.75) is 38.8 Å². The van der Waals surface area contributed by atoms with Crippen LogP contribution in [0.15, 0.2) is 29.3 Å². The Bertz CT molecular complexity index is 577. The van der Waals surface area contributed by atoms with E-state index >= 15 is 0 Å². The number of hydrogen-bond acceptors (Lipinski definition) is 3. The molecule has 0 spiro atoms. The van der Waals surface area contributed by atoms with E-state index in [4.69, 9.17) is 0 Å². The summed E-state index contributed by atoms with van der Waals surface area (Å²) in [7, 11) is 1.86. The summed E-state index contributed by atoms with van der Waals surface area (Å²) >= 11 is 0. The van der Waals surface area contributed by atoms with Crippen LogP contribution >= 0.6 is 24.0 Å². The predicted octanol–water partition coefficient (Wildman–Crippen LogP) is 2.31. The summed E-state index contributed by atoms with van der Waals surface area (Å²) in [5.74, 6) is 0.931. The molecule has 146 valence electrons. The fourth-order valence-electron chi connectivity index (χ4n) is 4.06. The van der Waals surface area contributed by atoms with E-state index in [1.807, 2.05) is 7.05 Å². The smallest absolute Gasteiger partial charge is 0.191 e. The maximum Gasteiger partial charge on any atom is 0.191 e. The van der Waals surface area contributed by atoms with Crippen LogP contribution in [-0.2, 0) is 13.0 Å². The van der Waals surface area contributed by atoms with Gasteiger partial charge in [0, 0.05) is 45.8 Å². The Hall–Kier alpha value is -0.860. The van der Waals surface area contributed by atoms with Gasteiger partial charge in [0.25, 0.3) is 0 Å². The summed E-state index contributed by atoms with van der Waals surface area (Å²) in [5, 5.41) is 6.98. The van der Waals surface area contributed by atoms with Gasteiger partial charge in [-0.1, -0.05) is 31.2 Å². The maximum absolute atomic E-state index is 4.38. The lowest BCUT2D eigenvalue weighted by Gasteiger charge is -2.29. The van der Waals surface area contributed by atoms with Crippen LogP contribution in [0.4, 0.5) is 0 Å². The molecule has 1 atom stereocenters. The van der Waals surface area contributed by atoms with Crippen LogP contribution in [-0.4, -0.2) is 68.1 Å². The van der Waals surface area contributed by atoms with E-state index in [2.05, 4.69) is 56.6 Å². The quantitative estimate of drug-likeness (QED) is 0.380. The Kier molecular flexibility index (Phi) is 9.15. The largest absolute Gasteiger partial charge is 0.355 e. The van der Waals surface area contributed by atoms with Crippen LogP contribution in [0.2, 0.25) is 0 Å². The highest BCUT2D eigenvalue weighted by Gasteiger charge is 2.22. The monoisotopic (exact) mass is 471 g/mol. The highest BCUT2D eigenvalue weighted by Crippen LogP contribution is 2.18. The van der Waals surface area contributed by atoms with Gasteiger partial charge < -0.3 is 10.6 Å². The molecular weight excluding hydrogens is 437 g/mol. The minimum Gasteiger partial charge on any atom is -0.355 e. The van der Waals surface area contributed by atoms with Crippen molar-refractivity contribution in [3.63, 3.8) is 0 Å². The molecule has 0 aliphatic carbocycles. The van der Waals surface area contributed by atoms with Crippen molar-refractivity contribution in [2.75, 3.05) is 46.3 Å². The van der Waals surface area contributed by atoms with Gasteiger partial charge in [0.15, 0.2) is 5.96 Å². The molecule has 1 aromatic carbocycles. The zero-order chi connectivity index (χ0) is 17.5. The van der Waals surface area contributed by atoms with Crippen molar-refractivity contribution in [3.05, 3.63) is 35.4 Å². The third-order valence-corrected chi connectivity index (χ3v) is 5.56. The first-order valence-electron chi connectivity index (χ1n) is 9.78. The molecule has 1 saturated heterocycles. The highest BCUT2D eigenvalue weighted by atomic mass is 127. The molecule has 2 aliphatic rings.